The number of nitrogens with zero attached hydrogens (tertiary/aromatic N) is 3. The zero-order valence-corrected chi connectivity index (χ0v) is 12.7. The zero-order valence-electron chi connectivity index (χ0n) is 11.9. The molecule has 0 amide bonds. The van der Waals surface area contributed by atoms with Crippen molar-refractivity contribution in [1.29, 1.82) is 5.26 Å². The summed E-state index contributed by atoms with van der Waals surface area (Å²) in [7, 11) is 1.28. The summed E-state index contributed by atoms with van der Waals surface area (Å²) >= 11 is 6.27. The number of methoxy groups -OCH3 is 1. The number of carbonyl (C=O) groups is 1. The second-order valence-corrected chi connectivity index (χ2v) is 5.15. The molecule has 0 N–H and O–H groups in total. The number of hydrogen-bond donors (Lipinski definition) is 0. The quantitative estimate of drug-likeness (QED) is 0.816. The third-order valence-electron chi connectivity index (χ3n) is 3.01. The number of halogens is 1. The molecule has 0 atom stereocenters. The maximum absolute atomic E-state index is 11.7. The van der Waals surface area contributed by atoms with Crippen LogP contribution in [0.5, 0.6) is 0 Å². The van der Waals surface area contributed by atoms with E-state index in [9.17, 15) is 4.79 Å². The summed E-state index contributed by atoms with van der Waals surface area (Å²) < 4.78 is 6.28. The Balaban J connectivity index is 2.67. The van der Waals surface area contributed by atoms with Crippen molar-refractivity contribution in [1.82, 2.24) is 9.78 Å². The standard InChI is InChI=1S/C15H14ClN3O2/c1-9(2)14-12(16)13(15(20)21-3)18-19(14)11-6-4-5-10(7-11)8-17/h4-7,9H,1-3H3. The number of benzene rings is 1. The van der Waals surface area contributed by atoms with Crippen LogP contribution >= 0.6 is 11.6 Å². The summed E-state index contributed by atoms with van der Waals surface area (Å²) in [5.74, 6) is -0.536. The molecule has 0 fully saturated rings. The lowest BCUT2D eigenvalue weighted by atomic mass is 10.1. The maximum Gasteiger partial charge on any atom is 0.360 e. The Kier molecular flexibility index (Phi) is 4.29. The number of nitriles is 1. The molecule has 108 valence electrons. The monoisotopic (exact) mass is 303 g/mol. The first-order chi connectivity index (χ1) is 9.99. The molecule has 6 heteroatoms. The molecular formula is C15H14ClN3O2. The predicted molar refractivity (Wildman–Crippen MR) is 78.7 cm³/mol. The van der Waals surface area contributed by atoms with Crippen molar-refractivity contribution in [3.8, 4) is 11.8 Å². The first kappa shape index (κ1) is 15.1. The number of rotatable bonds is 3. The summed E-state index contributed by atoms with van der Waals surface area (Å²) in [6.07, 6.45) is 0. The van der Waals surface area contributed by atoms with Crippen LogP contribution in [0.25, 0.3) is 5.69 Å². The highest BCUT2D eigenvalue weighted by atomic mass is 35.5. The van der Waals surface area contributed by atoms with Gasteiger partial charge in [0.05, 0.1) is 35.1 Å². The number of esters is 1. The largest absolute Gasteiger partial charge is 0.464 e. The molecule has 0 aliphatic heterocycles. The lowest BCUT2D eigenvalue weighted by Gasteiger charge is -2.10. The normalized spacial score (nSPS) is 10.5. The van der Waals surface area contributed by atoms with Crippen molar-refractivity contribution in [2.75, 3.05) is 7.11 Å². The molecule has 0 spiro atoms. The predicted octanol–water partition coefficient (Wildman–Crippen LogP) is 3.31. The summed E-state index contributed by atoms with van der Waals surface area (Å²) in [6.45, 7) is 3.91. The van der Waals surface area contributed by atoms with E-state index in [4.69, 9.17) is 21.6 Å². The van der Waals surface area contributed by atoms with Gasteiger partial charge in [0.25, 0.3) is 0 Å². The maximum atomic E-state index is 11.7. The van der Waals surface area contributed by atoms with E-state index in [1.54, 1.807) is 28.9 Å². The van der Waals surface area contributed by atoms with Gasteiger partial charge in [0, 0.05) is 0 Å². The van der Waals surface area contributed by atoms with E-state index >= 15 is 0 Å². The molecule has 1 heterocycles. The molecule has 0 saturated heterocycles. The van der Waals surface area contributed by atoms with Crippen LogP contribution in [0.3, 0.4) is 0 Å². The summed E-state index contributed by atoms with van der Waals surface area (Å²) in [4.78, 5) is 11.7. The van der Waals surface area contributed by atoms with E-state index in [0.29, 0.717) is 16.9 Å². The minimum absolute atomic E-state index is 0.0501. The molecule has 1 aromatic heterocycles. The number of hydrogen-bond acceptors (Lipinski definition) is 4. The fraction of sp³-hybridized carbons (Fsp3) is 0.267. The molecule has 0 saturated carbocycles. The molecule has 0 aliphatic rings. The molecule has 0 bridgehead atoms. The van der Waals surface area contributed by atoms with Crippen LogP contribution in [0.1, 0.15) is 41.5 Å². The molecule has 2 rings (SSSR count). The summed E-state index contributed by atoms with van der Waals surface area (Å²) in [5, 5.41) is 13.5. The van der Waals surface area contributed by atoms with Gasteiger partial charge in [-0.1, -0.05) is 31.5 Å². The van der Waals surface area contributed by atoms with Gasteiger partial charge in [-0.25, -0.2) is 9.48 Å². The Morgan fingerprint density at radius 3 is 2.76 bits per heavy atom. The second kappa shape index (κ2) is 5.98. The van der Waals surface area contributed by atoms with E-state index in [1.807, 2.05) is 13.8 Å². The Morgan fingerprint density at radius 1 is 1.48 bits per heavy atom. The Bertz CT molecular complexity index is 729. The van der Waals surface area contributed by atoms with Crippen molar-refractivity contribution in [2.24, 2.45) is 0 Å². The molecular weight excluding hydrogens is 290 g/mol. The highest BCUT2D eigenvalue weighted by Gasteiger charge is 2.24. The zero-order chi connectivity index (χ0) is 15.6. The van der Waals surface area contributed by atoms with Crippen molar-refractivity contribution in [3.63, 3.8) is 0 Å². The fourth-order valence-corrected chi connectivity index (χ4v) is 2.45. The van der Waals surface area contributed by atoms with Crippen molar-refractivity contribution in [2.45, 2.75) is 19.8 Å². The lowest BCUT2D eigenvalue weighted by Crippen LogP contribution is -2.06. The van der Waals surface area contributed by atoms with Crippen LogP contribution in [-0.4, -0.2) is 22.9 Å². The number of ether oxygens (including phenoxy) is 1. The van der Waals surface area contributed by atoms with Crippen LogP contribution in [0, 0.1) is 11.3 Å². The van der Waals surface area contributed by atoms with Crippen LogP contribution in [-0.2, 0) is 4.74 Å². The van der Waals surface area contributed by atoms with Crippen molar-refractivity contribution >= 4 is 17.6 Å². The average molecular weight is 304 g/mol. The molecule has 21 heavy (non-hydrogen) atoms. The first-order valence-electron chi connectivity index (χ1n) is 6.36. The van der Waals surface area contributed by atoms with Gasteiger partial charge in [-0.15, -0.1) is 0 Å². The molecule has 0 unspecified atom stereocenters. The third kappa shape index (κ3) is 2.76. The van der Waals surface area contributed by atoms with Gasteiger partial charge in [0.2, 0.25) is 0 Å². The van der Waals surface area contributed by atoms with E-state index in [2.05, 4.69) is 11.2 Å². The van der Waals surface area contributed by atoms with E-state index in [0.717, 1.165) is 0 Å². The molecule has 0 aliphatic carbocycles. The van der Waals surface area contributed by atoms with Gasteiger partial charge in [-0.3, -0.25) is 0 Å². The lowest BCUT2D eigenvalue weighted by molar-refractivity contribution is 0.0593. The van der Waals surface area contributed by atoms with E-state index < -0.39 is 5.97 Å². The minimum Gasteiger partial charge on any atom is -0.464 e. The van der Waals surface area contributed by atoms with Crippen LogP contribution < -0.4 is 0 Å². The number of carbonyl (C=O) groups excluding carboxylic acids is 1. The van der Waals surface area contributed by atoms with Gasteiger partial charge >= 0.3 is 5.97 Å². The molecule has 5 nitrogen and oxygen atoms in total. The Labute approximate surface area is 127 Å². The van der Waals surface area contributed by atoms with Crippen LogP contribution in [0.15, 0.2) is 24.3 Å². The molecule has 2 aromatic rings. The first-order valence-corrected chi connectivity index (χ1v) is 6.74. The average Bonchev–Trinajstić information content (AvgIpc) is 2.84. The molecule has 0 radical (unpaired) electrons. The fourth-order valence-electron chi connectivity index (χ4n) is 2.04. The second-order valence-electron chi connectivity index (χ2n) is 4.77. The number of aromatic nitrogens is 2. The molecule has 1 aromatic carbocycles. The highest BCUT2D eigenvalue weighted by Crippen LogP contribution is 2.30. The van der Waals surface area contributed by atoms with Gasteiger partial charge in [0.15, 0.2) is 5.69 Å². The van der Waals surface area contributed by atoms with Crippen molar-refractivity contribution < 1.29 is 9.53 Å². The Morgan fingerprint density at radius 2 is 2.19 bits per heavy atom. The topological polar surface area (TPSA) is 67.9 Å². The minimum atomic E-state index is -0.586. The van der Waals surface area contributed by atoms with Gasteiger partial charge in [-0.2, -0.15) is 10.4 Å². The van der Waals surface area contributed by atoms with E-state index in [1.165, 1.54) is 7.11 Å². The summed E-state index contributed by atoms with van der Waals surface area (Å²) in [5.41, 5.74) is 1.96. The SMILES string of the molecule is COC(=O)c1nn(-c2cccc(C#N)c2)c(C(C)C)c1Cl. The summed E-state index contributed by atoms with van der Waals surface area (Å²) in [6, 6.07) is 9.02. The smallest absolute Gasteiger partial charge is 0.360 e. The van der Waals surface area contributed by atoms with E-state index in [-0.39, 0.29) is 16.6 Å². The third-order valence-corrected chi connectivity index (χ3v) is 3.38. The Hall–Kier alpha value is -2.32. The highest BCUT2D eigenvalue weighted by molar-refractivity contribution is 6.34. The van der Waals surface area contributed by atoms with Gasteiger partial charge in [0.1, 0.15) is 0 Å². The van der Waals surface area contributed by atoms with Crippen LogP contribution in [0.2, 0.25) is 5.02 Å². The van der Waals surface area contributed by atoms with Gasteiger partial charge < -0.3 is 4.74 Å². The van der Waals surface area contributed by atoms with Crippen LogP contribution in [0.4, 0.5) is 0 Å². The van der Waals surface area contributed by atoms with Crippen molar-refractivity contribution in [3.05, 3.63) is 46.2 Å². The van der Waals surface area contributed by atoms with Gasteiger partial charge in [-0.05, 0) is 24.1 Å².